The third-order valence-electron chi connectivity index (χ3n) is 13.6. The van der Waals surface area contributed by atoms with E-state index >= 15 is 0 Å². The van der Waals surface area contributed by atoms with Crippen molar-refractivity contribution in [3.8, 4) is 45.5 Å². The van der Waals surface area contributed by atoms with Crippen molar-refractivity contribution in [3.63, 3.8) is 0 Å². The van der Waals surface area contributed by atoms with E-state index in [9.17, 15) is 9.59 Å². The van der Waals surface area contributed by atoms with Crippen molar-refractivity contribution in [2.45, 2.75) is 0 Å². The fourth-order valence-corrected chi connectivity index (χ4v) is 9.21. The Hall–Kier alpha value is -10.4. The second kappa shape index (κ2) is 25.8. The molecule has 3 aromatic carbocycles. The van der Waals surface area contributed by atoms with Crippen LogP contribution in [-0.4, -0.2) is 158 Å². The molecule has 0 bridgehead atoms. The lowest BCUT2D eigenvalue weighted by atomic mass is 10.1. The molecule has 7 heterocycles. The fraction of sp³-hybridized carbons (Fsp3) is 0.217. The zero-order valence-electron chi connectivity index (χ0n) is 47.9. The number of H-pyrrole nitrogens is 1. The Balaban J connectivity index is 0.000000200. The lowest BCUT2D eigenvalue weighted by Gasteiger charge is -2.26. The van der Waals surface area contributed by atoms with Crippen molar-refractivity contribution in [2.75, 3.05) is 114 Å². The molecule has 0 fully saturated rings. The number of aromatic amines is 1. The second-order valence-corrected chi connectivity index (χ2v) is 19.7. The predicted octanol–water partition coefficient (Wildman–Crippen LogP) is 8.78. The molecule has 0 spiro atoms. The van der Waals surface area contributed by atoms with Crippen LogP contribution in [0.5, 0.6) is 11.5 Å². The zero-order chi connectivity index (χ0) is 58.7. The highest BCUT2D eigenvalue weighted by Gasteiger charge is 2.21. The number of carbonyl (C=O) groups excluding carboxylic acids is 2. The number of nitrogens with one attached hydrogen (secondary N) is 5. The van der Waals surface area contributed by atoms with E-state index in [1.165, 1.54) is 12.2 Å². The minimum absolute atomic E-state index is 0.311. The molecule has 7 aromatic heterocycles. The number of benzene rings is 3. The summed E-state index contributed by atoms with van der Waals surface area (Å²) in [7, 11) is 17.1. The van der Waals surface area contributed by atoms with E-state index in [4.69, 9.17) is 19.4 Å². The Kier molecular flexibility index (Phi) is 17.8. The highest BCUT2D eigenvalue weighted by molar-refractivity contribution is 6.03. The van der Waals surface area contributed by atoms with Crippen molar-refractivity contribution in [1.82, 2.24) is 63.8 Å². The van der Waals surface area contributed by atoms with Crippen LogP contribution >= 0.6 is 0 Å². The molecule has 0 aliphatic heterocycles. The van der Waals surface area contributed by atoms with Gasteiger partial charge >= 0.3 is 0 Å². The van der Waals surface area contributed by atoms with Crippen molar-refractivity contribution in [3.05, 3.63) is 154 Å². The summed E-state index contributed by atoms with van der Waals surface area (Å²) < 4.78 is 17.3. The van der Waals surface area contributed by atoms with Crippen LogP contribution in [0.25, 0.3) is 56.0 Å². The number of ether oxygens (including phenoxy) is 2. The van der Waals surface area contributed by atoms with Gasteiger partial charge in [0.25, 0.3) is 0 Å². The van der Waals surface area contributed by atoms with Crippen molar-refractivity contribution in [1.29, 1.82) is 0 Å². The number of anilines is 8. The first-order valence-electron chi connectivity index (χ1n) is 26.4. The molecule has 5 N–H and O–H groups in total. The van der Waals surface area contributed by atoms with Crippen molar-refractivity contribution < 1.29 is 19.1 Å². The summed E-state index contributed by atoms with van der Waals surface area (Å²) in [5.41, 5.74) is 10.7. The number of carbonyl (C=O) groups is 2. The van der Waals surface area contributed by atoms with Gasteiger partial charge in [0.05, 0.1) is 76.8 Å². The number of para-hydroxylation sites is 1. The average Bonchev–Trinajstić information content (AvgIpc) is 4.40. The van der Waals surface area contributed by atoms with Gasteiger partial charge in [-0.1, -0.05) is 31.4 Å². The number of rotatable bonds is 22. The molecular weight excluding hydrogens is 1050 g/mol. The molecule has 83 heavy (non-hydrogen) atoms. The molecule has 10 aromatic rings. The largest absolute Gasteiger partial charge is 0.494 e. The predicted molar refractivity (Wildman–Crippen MR) is 329 cm³/mol. The van der Waals surface area contributed by atoms with E-state index in [1.54, 1.807) is 45.2 Å². The summed E-state index contributed by atoms with van der Waals surface area (Å²) in [4.78, 5) is 56.1. The molecule has 0 aliphatic carbocycles. The van der Waals surface area contributed by atoms with E-state index < -0.39 is 0 Å². The molecule has 23 heteroatoms. The van der Waals surface area contributed by atoms with Gasteiger partial charge in [-0.3, -0.25) is 28.9 Å². The number of amides is 2. The molecule has 0 aliphatic rings. The van der Waals surface area contributed by atoms with E-state index in [2.05, 4.69) is 96.4 Å². The van der Waals surface area contributed by atoms with Crippen LogP contribution in [0.15, 0.2) is 154 Å². The minimum atomic E-state index is -0.316. The highest BCUT2D eigenvalue weighted by Crippen LogP contribution is 2.40. The number of likely N-dealkylation sites (N-methyl/N-ethyl adjacent to an activating group) is 4. The van der Waals surface area contributed by atoms with Crippen LogP contribution in [0.4, 0.5) is 46.0 Å². The van der Waals surface area contributed by atoms with E-state index in [1.807, 2.05) is 148 Å². The lowest BCUT2D eigenvalue weighted by Crippen LogP contribution is -2.29. The molecule has 2 amide bonds. The number of pyridine rings is 1. The van der Waals surface area contributed by atoms with Gasteiger partial charge < -0.3 is 54.9 Å². The average molecular weight is 1120 g/mol. The van der Waals surface area contributed by atoms with Crippen LogP contribution in [0.3, 0.4) is 0 Å². The Morgan fingerprint density at radius 1 is 0.627 bits per heavy atom. The van der Waals surface area contributed by atoms with Crippen LogP contribution in [0.2, 0.25) is 0 Å². The van der Waals surface area contributed by atoms with Crippen LogP contribution in [0, 0.1) is 0 Å². The normalized spacial score (nSPS) is 11.1. The summed E-state index contributed by atoms with van der Waals surface area (Å²) in [6.45, 7) is 10.3. The maximum Gasteiger partial charge on any atom is 0.247 e. The molecule has 23 nitrogen and oxygen atoms in total. The van der Waals surface area contributed by atoms with Gasteiger partial charge in [0.2, 0.25) is 23.7 Å². The third kappa shape index (κ3) is 13.1. The number of nitrogens with zero attached hydrogens (tertiary/aromatic N) is 14. The number of fused-ring (bicyclic) bond motifs is 2. The van der Waals surface area contributed by atoms with Gasteiger partial charge in [0, 0.05) is 125 Å². The van der Waals surface area contributed by atoms with Gasteiger partial charge in [-0.2, -0.15) is 20.2 Å². The topological polar surface area (TPSA) is 234 Å². The standard InChI is InChI=1S/C30H34N10O2.C30H33N9O2/c1-7-28(41)34-21-17-22(26(42-6)18-25(21)38(4)16-15-37(2)3)35-30-32-13-11-27(36-30)40-19-20(23-10-14-33-39(23)5)29-24(40)9-8-12-31-29;1-6-29(40)34-23-15-24(27(41-5)16-26(23)38(4)14-13-37(2)3)35-30-31-12-11-28(36-30)39-19-22(20-17-32-33-18-20)21-9-7-8-10-25(21)39/h7-14,17-19H,1,15-16H2,2-6H3,(H,34,41)(H,32,35,36);6-12,15-19H,1,13-14H2,2-5H3,(H,32,33)(H,34,40)(H,31,35,36). The molecule has 0 atom stereocenters. The van der Waals surface area contributed by atoms with Gasteiger partial charge in [0.1, 0.15) is 23.1 Å². The summed E-state index contributed by atoms with van der Waals surface area (Å²) in [5.74, 6) is 2.59. The number of hydrogen-bond acceptors (Lipinski definition) is 17. The fourth-order valence-electron chi connectivity index (χ4n) is 9.21. The van der Waals surface area contributed by atoms with Crippen LogP contribution in [-0.2, 0) is 16.6 Å². The first kappa shape index (κ1) is 57.3. The van der Waals surface area contributed by atoms with Gasteiger partial charge in [0.15, 0.2) is 0 Å². The zero-order valence-corrected chi connectivity index (χ0v) is 47.9. The van der Waals surface area contributed by atoms with Crippen LogP contribution in [0.1, 0.15) is 0 Å². The SMILES string of the molecule is C=CC(=O)Nc1cc(Nc2nccc(-n3cc(-c4ccnn4C)c4ncccc43)n2)c(OC)cc1N(C)CCN(C)C.C=CC(=O)Nc1cc(Nc2nccc(-n3cc(-c4cn[nH]c4)c4ccccc43)n2)c(OC)cc1N(C)CCN(C)C. The van der Waals surface area contributed by atoms with Crippen LogP contribution < -0.4 is 40.5 Å². The molecule has 0 unspecified atom stereocenters. The maximum atomic E-state index is 12.3. The van der Waals surface area contributed by atoms with E-state index in [0.29, 0.717) is 57.8 Å². The molecular formula is C60H67N19O4. The molecule has 426 valence electrons. The van der Waals surface area contributed by atoms with Gasteiger partial charge in [-0.05, 0) is 88.9 Å². The molecule has 10 rings (SSSR count). The van der Waals surface area contributed by atoms with Gasteiger partial charge in [-0.15, -0.1) is 0 Å². The van der Waals surface area contributed by atoms with Crippen molar-refractivity contribution >= 4 is 79.8 Å². The number of methoxy groups -OCH3 is 2. The minimum Gasteiger partial charge on any atom is -0.494 e. The monoisotopic (exact) mass is 1120 g/mol. The number of hydrogen-bond donors (Lipinski definition) is 5. The summed E-state index contributed by atoms with van der Waals surface area (Å²) >= 11 is 0. The number of aromatic nitrogens is 11. The molecule has 0 radical (unpaired) electrons. The molecule has 0 saturated heterocycles. The highest BCUT2D eigenvalue weighted by atomic mass is 16.5. The quantitative estimate of drug-likeness (QED) is 0.0399. The number of aryl methyl sites for hydroxylation is 1. The van der Waals surface area contributed by atoms with Crippen molar-refractivity contribution in [2.24, 2.45) is 7.05 Å². The Bertz CT molecular complexity index is 3920. The second-order valence-electron chi connectivity index (χ2n) is 19.7. The van der Waals surface area contributed by atoms with E-state index in [0.717, 1.165) is 81.9 Å². The Morgan fingerprint density at radius 2 is 1.17 bits per heavy atom. The maximum absolute atomic E-state index is 12.3. The first-order valence-corrected chi connectivity index (χ1v) is 26.4. The molecule has 0 saturated carbocycles. The van der Waals surface area contributed by atoms with E-state index in [-0.39, 0.29) is 11.8 Å². The Morgan fingerprint density at radius 3 is 1.67 bits per heavy atom. The summed E-state index contributed by atoms with van der Waals surface area (Å²) in [5, 5.41) is 24.8. The first-order chi connectivity index (χ1) is 40.2. The summed E-state index contributed by atoms with van der Waals surface area (Å²) in [6.07, 6.45) is 17.1. The lowest BCUT2D eigenvalue weighted by molar-refractivity contribution is -0.112. The van der Waals surface area contributed by atoms with Gasteiger partial charge in [-0.25, -0.2) is 9.97 Å². The third-order valence-corrected chi connectivity index (χ3v) is 13.6. The Labute approximate surface area is 480 Å². The smallest absolute Gasteiger partial charge is 0.247 e. The summed E-state index contributed by atoms with van der Waals surface area (Å²) in [6, 6.07) is 25.1.